The lowest BCUT2D eigenvalue weighted by Gasteiger charge is -2.31. The molecular formula is C72H58F2N2. The molecule has 12 aromatic carbocycles. The summed E-state index contributed by atoms with van der Waals surface area (Å²) in [6, 6.07) is 70.7. The minimum absolute atomic E-state index is 0.302. The topological polar surface area (TPSA) is 6.48 Å². The van der Waals surface area contributed by atoms with E-state index >= 15 is 8.78 Å². The second-order valence-electron chi connectivity index (χ2n) is 20.6. The fraction of sp³-hybridized carbons (Fsp3) is 0.111. The van der Waals surface area contributed by atoms with Crippen LogP contribution in [0.15, 0.2) is 206 Å². The quantitative estimate of drug-likeness (QED) is 0.126. The second-order valence-corrected chi connectivity index (χ2v) is 20.6. The number of benzene rings is 12. The first-order chi connectivity index (χ1) is 36.9. The van der Waals surface area contributed by atoms with E-state index in [1.807, 2.05) is 84.9 Å². The lowest BCUT2D eigenvalue weighted by Crippen LogP contribution is -2.14. The zero-order valence-electron chi connectivity index (χ0n) is 44.3. The number of nitrogens with zero attached hydrogens (tertiary/aromatic N) is 2. The van der Waals surface area contributed by atoms with Gasteiger partial charge in [0.05, 0.1) is 22.7 Å². The number of anilines is 6. The van der Waals surface area contributed by atoms with E-state index in [0.717, 1.165) is 122 Å². The molecule has 0 aromatic heterocycles. The van der Waals surface area contributed by atoms with Crippen LogP contribution in [0.2, 0.25) is 0 Å². The first kappa shape index (κ1) is 48.1. The Morgan fingerprint density at radius 3 is 0.974 bits per heavy atom. The maximum atomic E-state index is 18.3. The van der Waals surface area contributed by atoms with Gasteiger partial charge < -0.3 is 9.80 Å². The molecule has 0 saturated carbocycles. The molecule has 0 N–H and O–H groups in total. The van der Waals surface area contributed by atoms with E-state index in [1.165, 1.54) is 11.1 Å². The van der Waals surface area contributed by atoms with Crippen molar-refractivity contribution in [3.63, 3.8) is 0 Å². The van der Waals surface area contributed by atoms with Gasteiger partial charge in [0.15, 0.2) is 11.6 Å². The third-order valence-electron chi connectivity index (χ3n) is 16.3. The van der Waals surface area contributed by atoms with Crippen LogP contribution in [0, 0.1) is 67.0 Å². The van der Waals surface area contributed by atoms with E-state index in [0.29, 0.717) is 22.5 Å². The lowest BCUT2D eigenvalue weighted by molar-refractivity contribution is 0.632. The van der Waals surface area contributed by atoms with Gasteiger partial charge in [-0.05, 0) is 215 Å². The Labute approximate surface area is 445 Å². The molecule has 0 atom stereocenters. The summed E-state index contributed by atoms with van der Waals surface area (Å²) in [5.41, 5.74) is 20.0. The molecule has 12 rings (SSSR count). The summed E-state index contributed by atoms with van der Waals surface area (Å²) in [4.78, 5) is 4.20. The van der Waals surface area contributed by atoms with Crippen molar-refractivity contribution in [2.75, 3.05) is 9.80 Å². The number of para-hydroxylation sites is 2. The highest BCUT2D eigenvalue weighted by molar-refractivity contribution is 6.28. The van der Waals surface area contributed by atoms with E-state index in [9.17, 15) is 0 Å². The summed E-state index contributed by atoms with van der Waals surface area (Å²) in [6.45, 7) is 16.9. The maximum Gasteiger partial charge on any atom is 0.155 e. The summed E-state index contributed by atoms with van der Waals surface area (Å²) in [5, 5.41) is 6.12. The first-order valence-electron chi connectivity index (χ1n) is 26.2. The molecule has 12 aromatic rings. The molecule has 0 radical (unpaired) electrons. The largest absolute Gasteiger partial charge is 0.307 e. The Bertz CT molecular complexity index is 3960. The van der Waals surface area contributed by atoms with Crippen LogP contribution in [-0.2, 0) is 0 Å². The number of halogens is 2. The third kappa shape index (κ3) is 7.99. The van der Waals surface area contributed by atoms with Crippen molar-refractivity contribution in [1.82, 2.24) is 0 Å². The van der Waals surface area contributed by atoms with Crippen LogP contribution in [0.5, 0.6) is 0 Å². The van der Waals surface area contributed by atoms with Crippen LogP contribution in [0.3, 0.4) is 0 Å². The molecule has 0 aliphatic carbocycles. The highest BCUT2D eigenvalue weighted by Crippen LogP contribution is 2.51. The number of aryl methyl sites for hydroxylation is 4. The Kier molecular flexibility index (Phi) is 12.1. The predicted octanol–water partition coefficient (Wildman–Crippen LogP) is 20.9. The fourth-order valence-corrected chi connectivity index (χ4v) is 11.6. The van der Waals surface area contributed by atoms with Gasteiger partial charge in [-0.1, -0.05) is 146 Å². The molecule has 0 spiro atoms. The summed E-state index contributed by atoms with van der Waals surface area (Å²) in [6.07, 6.45) is 0. The molecule has 0 unspecified atom stereocenters. The molecule has 0 fully saturated rings. The monoisotopic (exact) mass is 988 g/mol. The van der Waals surface area contributed by atoms with Crippen molar-refractivity contribution in [3.8, 4) is 44.5 Å². The lowest BCUT2D eigenvalue weighted by atomic mass is 9.89. The zero-order valence-corrected chi connectivity index (χ0v) is 44.3. The van der Waals surface area contributed by atoms with Crippen molar-refractivity contribution >= 4 is 66.4 Å². The number of rotatable bonds is 10. The van der Waals surface area contributed by atoms with Crippen LogP contribution in [0.25, 0.3) is 76.8 Å². The fourth-order valence-electron chi connectivity index (χ4n) is 11.6. The molecule has 370 valence electrons. The summed E-state index contributed by atoms with van der Waals surface area (Å²) >= 11 is 0. The Balaban J connectivity index is 1.13. The Hall–Kier alpha value is -8.86. The molecule has 4 heteroatoms. The van der Waals surface area contributed by atoms with Crippen molar-refractivity contribution in [3.05, 3.63) is 262 Å². The van der Waals surface area contributed by atoms with Gasteiger partial charge >= 0.3 is 0 Å². The molecule has 76 heavy (non-hydrogen) atoms. The van der Waals surface area contributed by atoms with Crippen molar-refractivity contribution in [1.29, 1.82) is 0 Å². The minimum Gasteiger partial charge on any atom is -0.307 e. The zero-order chi connectivity index (χ0) is 52.5. The highest BCUT2D eigenvalue weighted by Gasteiger charge is 2.28. The van der Waals surface area contributed by atoms with E-state index < -0.39 is 0 Å². The van der Waals surface area contributed by atoms with Gasteiger partial charge in [0.2, 0.25) is 0 Å². The third-order valence-corrected chi connectivity index (χ3v) is 16.3. The van der Waals surface area contributed by atoms with E-state index in [-0.39, 0.29) is 11.6 Å². The van der Waals surface area contributed by atoms with Gasteiger partial charge in [0.25, 0.3) is 0 Å². The normalized spacial score (nSPS) is 11.6. The van der Waals surface area contributed by atoms with Gasteiger partial charge in [-0.3, -0.25) is 0 Å². The van der Waals surface area contributed by atoms with Gasteiger partial charge in [0.1, 0.15) is 0 Å². The van der Waals surface area contributed by atoms with Crippen LogP contribution < -0.4 is 9.80 Å². The average molecular weight is 989 g/mol. The summed E-state index contributed by atoms with van der Waals surface area (Å²) < 4.78 is 36.7. The molecule has 0 aliphatic heterocycles. The molecule has 2 nitrogen and oxygen atoms in total. The first-order valence-corrected chi connectivity index (χ1v) is 26.2. The number of hydrogen-bond acceptors (Lipinski definition) is 2. The average Bonchev–Trinajstić information content (AvgIpc) is 3.52. The van der Waals surface area contributed by atoms with Crippen LogP contribution in [0.1, 0.15) is 44.5 Å². The van der Waals surface area contributed by atoms with Gasteiger partial charge in [-0.2, -0.15) is 0 Å². The smallest absolute Gasteiger partial charge is 0.155 e. The highest BCUT2D eigenvalue weighted by atomic mass is 19.1. The van der Waals surface area contributed by atoms with E-state index in [4.69, 9.17) is 0 Å². The minimum atomic E-state index is -0.302. The summed E-state index contributed by atoms with van der Waals surface area (Å²) in [7, 11) is 0. The molecule has 0 aliphatic rings. The van der Waals surface area contributed by atoms with Crippen LogP contribution >= 0.6 is 0 Å². The van der Waals surface area contributed by atoms with Crippen molar-refractivity contribution < 1.29 is 8.78 Å². The van der Waals surface area contributed by atoms with E-state index in [1.54, 1.807) is 0 Å². The predicted molar refractivity (Wildman–Crippen MR) is 319 cm³/mol. The second kappa shape index (κ2) is 19.1. The van der Waals surface area contributed by atoms with Crippen LogP contribution in [0.4, 0.5) is 42.9 Å². The molecule has 0 heterocycles. The van der Waals surface area contributed by atoms with Crippen LogP contribution in [-0.4, -0.2) is 0 Å². The molecule has 0 bridgehead atoms. The summed E-state index contributed by atoms with van der Waals surface area (Å²) in [5.74, 6) is -0.605. The Morgan fingerprint density at radius 1 is 0.276 bits per heavy atom. The van der Waals surface area contributed by atoms with Crippen molar-refractivity contribution in [2.24, 2.45) is 0 Å². The standard InChI is InChI=1S/C72H58F2N2/c1-43-19-15-27-57(47(43)5)53-39-63(59-29-17-21-45(3)49(59)7)71(73)67(41-53)75(55-23-11-9-12-24-55)65-37-33-51-32-36-62-66(38-34-52-31-35-61(65)69(51)70(52)62)76(56-25-13-10-14-26-56)68-42-54(58-28-16-20-44(2)48(58)6)40-64(72(68)74)60-30-18-22-46(4)50(60)8/h9-42H,1-8H3. The van der Waals surface area contributed by atoms with Crippen molar-refractivity contribution in [2.45, 2.75) is 55.4 Å². The number of hydrogen-bond donors (Lipinski definition) is 0. The Morgan fingerprint density at radius 2 is 0.605 bits per heavy atom. The SMILES string of the molecule is Cc1cccc(-c2cc(-c3cccc(C)c3C)c(F)c(N(c3ccccc3)c3ccc4ccc5c(N(c6ccccc6)c6cc(-c7cccc(C)c7C)cc(-c7cccc(C)c7C)c6F)ccc6ccc3c4c65)c2)c1C. The molecule has 0 amide bonds. The molecule has 0 saturated heterocycles. The van der Waals surface area contributed by atoms with E-state index in [2.05, 4.69) is 187 Å². The maximum absolute atomic E-state index is 18.3. The van der Waals surface area contributed by atoms with Gasteiger partial charge in [-0.25, -0.2) is 8.78 Å². The van der Waals surface area contributed by atoms with Gasteiger partial charge in [0, 0.05) is 33.3 Å². The van der Waals surface area contributed by atoms with Gasteiger partial charge in [-0.15, -0.1) is 0 Å². The molecular weight excluding hydrogens is 931 g/mol.